The minimum atomic E-state index is -0.506. The zero-order chi connectivity index (χ0) is 14.2. The third kappa shape index (κ3) is 2.63. The Balaban J connectivity index is 1.51. The van der Waals surface area contributed by atoms with Crippen molar-refractivity contribution in [2.75, 3.05) is 0 Å². The maximum absolute atomic E-state index is 10.5. The lowest BCUT2D eigenvalue weighted by Gasteiger charge is -2.26. The van der Waals surface area contributed by atoms with Gasteiger partial charge in [-0.3, -0.25) is 0 Å². The van der Waals surface area contributed by atoms with Crippen molar-refractivity contribution in [2.24, 2.45) is 0 Å². The smallest absolute Gasteiger partial charge is 0.104 e. The molecule has 2 aromatic carbocycles. The second kappa shape index (κ2) is 5.31. The molecule has 2 aromatic rings. The van der Waals surface area contributed by atoms with Crippen molar-refractivity contribution < 1.29 is 5.11 Å². The molecule has 2 aliphatic carbocycles. The normalized spacial score (nSPS) is 20.0. The van der Waals surface area contributed by atoms with Crippen molar-refractivity contribution in [1.82, 2.24) is 0 Å². The van der Waals surface area contributed by atoms with Gasteiger partial charge in [0.15, 0.2) is 0 Å². The Morgan fingerprint density at radius 2 is 1.10 bits per heavy atom. The Bertz CT molecular complexity index is 603. The summed E-state index contributed by atoms with van der Waals surface area (Å²) in [4.78, 5) is 0. The average Bonchev–Trinajstić information content (AvgIpc) is 3.30. The summed E-state index contributed by atoms with van der Waals surface area (Å²) in [5, 5.41) is 10.5. The number of aliphatic hydroxyl groups excluding tert-OH is 1. The molecular formula is C20H22O. The summed E-state index contributed by atoms with van der Waals surface area (Å²) in [5.41, 5.74) is 4.85. The predicted molar refractivity (Wildman–Crippen MR) is 85.5 cm³/mol. The first kappa shape index (κ1) is 13.1. The Hall–Kier alpha value is -1.60. The summed E-state index contributed by atoms with van der Waals surface area (Å²) in [6.07, 6.45) is 6.15. The van der Waals surface area contributed by atoms with Crippen LogP contribution in [0.5, 0.6) is 0 Å². The van der Waals surface area contributed by atoms with Crippen LogP contribution in [-0.2, 0) is 0 Å². The molecule has 2 saturated carbocycles. The lowest BCUT2D eigenvalue weighted by molar-refractivity contribution is 0.220. The topological polar surface area (TPSA) is 20.2 Å². The van der Waals surface area contributed by atoms with Crippen molar-refractivity contribution in [3.63, 3.8) is 0 Å². The number of hydrogen-bond donors (Lipinski definition) is 1. The van der Waals surface area contributed by atoms with E-state index in [1.807, 2.05) is 0 Å². The molecule has 21 heavy (non-hydrogen) atoms. The summed E-state index contributed by atoms with van der Waals surface area (Å²) in [5.74, 6) is 1.53. The van der Waals surface area contributed by atoms with E-state index in [4.69, 9.17) is 0 Å². The molecule has 1 N–H and O–H groups in total. The van der Waals surface area contributed by atoms with E-state index in [1.165, 1.54) is 43.2 Å². The van der Waals surface area contributed by atoms with Gasteiger partial charge < -0.3 is 5.11 Å². The van der Waals surface area contributed by atoms with Crippen molar-refractivity contribution in [1.29, 1.82) is 0 Å². The highest BCUT2D eigenvalue weighted by Crippen LogP contribution is 2.40. The molecule has 1 nitrogen and oxygen atoms in total. The molecule has 1 heteroatoms. The molecule has 0 radical (unpaired) electrons. The molecule has 2 fully saturated rings. The molecule has 0 amide bonds. The summed E-state index contributed by atoms with van der Waals surface area (Å²) in [7, 11) is 0. The van der Waals surface area contributed by atoms with Crippen LogP contribution in [-0.4, -0.2) is 5.11 Å². The average molecular weight is 278 g/mol. The van der Waals surface area contributed by atoms with Crippen LogP contribution in [0.2, 0.25) is 0 Å². The summed E-state index contributed by atoms with van der Waals surface area (Å²) >= 11 is 0. The summed E-state index contributed by atoms with van der Waals surface area (Å²) < 4.78 is 0. The highest BCUT2D eigenvalue weighted by molar-refractivity contribution is 5.36. The molecule has 0 heterocycles. The van der Waals surface area contributed by atoms with Gasteiger partial charge in [-0.05, 0) is 59.8 Å². The van der Waals surface area contributed by atoms with E-state index in [9.17, 15) is 5.11 Å². The summed E-state index contributed by atoms with van der Waals surface area (Å²) in [6.45, 7) is 0. The third-order valence-corrected chi connectivity index (χ3v) is 5.13. The Labute approximate surface area is 126 Å². The van der Waals surface area contributed by atoms with Crippen molar-refractivity contribution in [2.45, 2.75) is 50.0 Å². The molecule has 2 aliphatic rings. The fraction of sp³-hybridized carbons (Fsp3) is 0.400. The maximum Gasteiger partial charge on any atom is 0.104 e. The van der Waals surface area contributed by atoms with Crippen LogP contribution in [0.25, 0.3) is 0 Å². The number of hydrogen-bond acceptors (Lipinski definition) is 1. The van der Waals surface area contributed by atoms with Gasteiger partial charge in [0.1, 0.15) is 6.10 Å². The van der Waals surface area contributed by atoms with Crippen LogP contribution < -0.4 is 0 Å². The predicted octanol–water partition coefficient (Wildman–Crippen LogP) is 4.91. The minimum absolute atomic E-state index is 0.506. The van der Waals surface area contributed by atoms with Crippen LogP contribution >= 0.6 is 0 Å². The second-order valence-corrected chi connectivity index (χ2v) is 6.64. The SMILES string of the molecule is OC(c1ccc(C2CCC2)cc1)c1ccc(C2CC2)cc1. The molecular weight excluding hydrogens is 256 g/mol. The van der Waals surface area contributed by atoms with E-state index < -0.39 is 6.10 Å². The maximum atomic E-state index is 10.5. The van der Waals surface area contributed by atoms with Gasteiger partial charge in [0.25, 0.3) is 0 Å². The molecule has 0 saturated heterocycles. The molecule has 0 aromatic heterocycles. The van der Waals surface area contributed by atoms with Crippen molar-refractivity contribution in [3.8, 4) is 0 Å². The van der Waals surface area contributed by atoms with Gasteiger partial charge in [-0.2, -0.15) is 0 Å². The summed E-state index contributed by atoms with van der Waals surface area (Å²) in [6, 6.07) is 17.1. The number of rotatable bonds is 4. The fourth-order valence-corrected chi connectivity index (χ4v) is 3.25. The third-order valence-electron chi connectivity index (χ3n) is 5.13. The Morgan fingerprint density at radius 3 is 1.43 bits per heavy atom. The highest BCUT2D eigenvalue weighted by atomic mass is 16.3. The van der Waals surface area contributed by atoms with Gasteiger partial charge in [-0.15, -0.1) is 0 Å². The van der Waals surface area contributed by atoms with Gasteiger partial charge >= 0.3 is 0 Å². The number of aliphatic hydroxyl groups is 1. The molecule has 0 bridgehead atoms. The zero-order valence-corrected chi connectivity index (χ0v) is 12.3. The van der Waals surface area contributed by atoms with E-state index in [-0.39, 0.29) is 0 Å². The quantitative estimate of drug-likeness (QED) is 0.842. The molecule has 4 rings (SSSR count). The van der Waals surface area contributed by atoms with Crippen molar-refractivity contribution >= 4 is 0 Å². The second-order valence-electron chi connectivity index (χ2n) is 6.64. The van der Waals surface area contributed by atoms with Gasteiger partial charge in [0.05, 0.1) is 0 Å². The van der Waals surface area contributed by atoms with Crippen LogP contribution in [0.4, 0.5) is 0 Å². The molecule has 0 spiro atoms. The van der Waals surface area contributed by atoms with Crippen LogP contribution in [0.1, 0.15) is 72.3 Å². The van der Waals surface area contributed by atoms with Crippen LogP contribution in [0.15, 0.2) is 48.5 Å². The van der Waals surface area contributed by atoms with E-state index in [0.29, 0.717) is 0 Å². The monoisotopic (exact) mass is 278 g/mol. The lowest BCUT2D eigenvalue weighted by atomic mass is 9.80. The standard InChI is InChI=1S/C20H22O/c21-20(19-12-8-17(9-13-19)16-4-5-16)18-10-6-15(7-11-18)14-2-1-3-14/h6-14,16,20-21H,1-5H2. The van der Waals surface area contributed by atoms with E-state index >= 15 is 0 Å². The van der Waals surface area contributed by atoms with Crippen LogP contribution in [0, 0.1) is 0 Å². The highest BCUT2D eigenvalue weighted by Gasteiger charge is 2.23. The van der Waals surface area contributed by atoms with Gasteiger partial charge in [-0.1, -0.05) is 55.0 Å². The zero-order valence-electron chi connectivity index (χ0n) is 12.3. The molecule has 0 aliphatic heterocycles. The lowest BCUT2D eigenvalue weighted by Crippen LogP contribution is -2.09. The fourth-order valence-electron chi connectivity index (χ4n) is 3.25. The first-order chi connectivity index (χ1) is 10.3. The van der Waals surface area contributed by atoms with Crippen LogP contribution in [0.3, 0.4) is 0 Å². The van der Waals surface area contributed by atoms with E-state index in [2.05, 4.69) is 48.5 Å². The molecule has 1 unspecified atom stereocenters. The minimum Gasteiger partial charge on any atom is -0.384 e. The molecule has 1 atom stereocenters. The van der Waals surface area contributed by atoms with Crippen molar-refractivity contribution in [3.05, 3.63) is 70.8 Å². The van der Waals surface area contributed by atoms with E-state index in [0.717, 1.165) is 23.0 Å². The Kier molecular flexibility index (Phi) is 3.31. The van der Waals surface area contributed by atoms with E-state index in [1.54, 1.807) is 0 Å². The Morgan fingerprint density at radius 1 is 0.667 bits per heavy atom. The first-order valence-electron chi connectivity index (χ1n) is 8.19. The molecule has 108 valence electrons. The number of benzene rings is 2. The largest absolute Gasteiger partial charge is 0.384 e. The van der Waals surface area contributed by atoms with Gasteiger partial charge in [-0.25, -0.2) is 0 Å². The van der Waals surface area contributed by atoms with Gasteiger partial charge in [0.2, 0.25) is 0 Å². The van der Waals surface area contributed by atoms with Gasteiger partial charge in [0, 0.05) is 0 Å². The first-order valence-corrected chi connectivity index (χ1v) is 8.19.